The van der Waals surface area contributed by atoms with Crippen LogP contribution in [-0.4, -0.2) is 34.1 Å². The minimum absolute atomic E-state index is 0.159. The zero-order chi connectivity index (χ0) is 18.1. The molecule has 132 valence electrons. The van der Waals surface area contributed by atoms with Crippen molar-refractivity contribution in [2.75, 3.05) is 13.3 Å². The summed E-state index contributed by atoms with van der Waals surface area (Å²) in [5, 5.41) is 0.529. The minimum atomic E-state index is -0.211. The maximum atomic E-state index is 12.8. The van der Waals surface area contributed by atoms with Gasteiger partial charge in [-0.1, -0.05) is 12.1 Å². The molecule has 2 heterocycles. The molecule has 7 nitrogen and oxygen atoms in total. The van der Waals surface area contributed by atoms with E-state index in [9.17, 15) is 9.59 Å². The second-order valence-electron chi connectivity index (χ2n) is 5.92. The summed E-state index contributed by atoms with van der Waals surface area (Å²) in [6, 6.07) is 12.2. The first kappa shape index (κ1) is 16.1. The van der Waals surface area contributed by atoms with Crippen LogP contribution < -0.4 is 15.0 Å². The lowest BCUT2D eigenvalue weighted by Gasteiger charge is -2.20. The number of carbonyl (C=O) groups is 1. The van der Waals surface area contributed by atoms with Crippen LogP contribution >= 0.6 is 0 Å². The first-order valence-corrected chi connectivity index (χ1v) is 8.32. The quantitative estimate of drug-likeness (QED) is 0.780. The van der Waals surface area contributed by atoms with Crippen molar-refractivity contribution >= 4 is 16.8 Å². The molecule has 7 heteroatoms. The van der Waals surface area contributed by atoms with Crippen molar-refractivity contribution in [1.82, 2.24) is 14.9 Å². The number of benzene rings is 2. The highest BCUT2D eigenvalue weighted by Gasteiger charge is 2.20. The van der Waals surface area contributed by atoms with Gasteiger partial charge in [-0.05, 0) is 37.3 Å². The van der Waals surface area contributed by atoms with E-state index in [1.165, 1.54) is 0 Å². The van der Waals surface area contributed by atoms with E-state index in [2.05, 4.69) is 9.97 Å². The van der Waals surface area contributed by atoms with Crippen molar-refractivity contribution < 1.29 is 14.3 Å². The van der Waals surface area contributed by atoms with E-state index in [-0.39, 0.29) is 24.8 Å². The van der Waals surface area contributed by atoms with Crippen molar-refractivity contribution in [3.63, 3.8) is 0 Å². The van der Waals surface area contributed by atoms with E-state index in [1.54, 1.807) is 41.3 Å². The van der Waals surface area contributed by atoms with Gasteiger partial charge in [0.15, 0.2) is 11.5 Å². The summed E-state index contributed by atoms with van der Waals surface area (Å²) in [7, 11) is 0. The van der Waals surface area contributed by atoms with Gasteiger partial charge < -0.3 is 19.4 Å². The topological polar surface area (TPSA) is 84.5 Å². The Morgan fingerprint density at radius 3 is 2.85 bits per heavy atom. The molecular weight excluding hydrogens is 334 g/mol. The van der Waals surface area contributed by atoms with Gasteiger partial charge in [-0.2, -0.15) is 0 Å². The van der Waals surface area contributed by atoms with Crippen LogP contribution in [0.2, 0.25) is 0 Å². The molecule has 0 aliphatic carbocycles. The molecule has 0 spiro atoms. The number of hydrogen-bond acceptors (Lipinski definition) is 5. The van der Waals surface area contributed by atoms with Crippen LogP contribution in [0.5, 0.6) is 11.5 Å². The molecule has 1 N–H and O–H groups in total. The highest BCUT2D eigenvalue weighted by molar-refractivity contribution is 5.95. The van der Waals surface area contributed by atoms with Gasteiger partial charge in [-0.3, -0.25) is 9.59 Å². The van der Waals surface area contributed by atoms with Gasteiger partial charge >= 0.3 is 0 Å². The van der Waals surface area contributed by atoms with E-state index in [0.717, 1.165) is 0 Å². The Morgan fingerprint density at radius 1 is 1.19 bits per heavy atom. The molecule has 2 aromatic carbocycles. The van der Waals surface area contributed by atoms with E-state index in [0.29, 0.717) is 40.3 Å². The number of ether oxygens (including phenoxy) is 2. The van der Waals surface area contributed by atoms with E-state index >= 15 is 0 Å². The standard InChI is InChI=1S/C19H17N3O4/c1-2-22(19(24)12-7-8-15-16(9-12)26-11-25-15)10-17-20-14-6-4-3-5-13(14)18(23)21-17/h3-9H,2,10-11H2,1H3,(H,20,21,23). The largest absolute Gasteiger partial charge is 0.454 e. The number of H-pyrrole nitrogens is 1. The first-order chi connectivity index (χ1) is 12.7. The number of nitrogens with one attached hydrogen (secondary N) is 1. The summed E-state index contributed by atoms with van der Waals surface area (Å²) in [4.78, 5) is 33.9. The summed E-state index contributed by atoms with van der Waals surface area (Å²) in [5.41, 5.74) is 0.897. The van der Waals surface area contributed by atoms with E-state index in [4.69, 9.17) is 9.47 Å². The third-order valence-corrected chi connectivity index (χ3v) is 4.29. The second-order valence-corrected chi connectivity index (χ2v) is 5.92. The number of nitrogens with zero attached hydrogens (tertiary/aromatic N) is 2. The lowest BCUT2D eigenvalue weighted by Crippen LogP contribution is -2.32. The molecule has 0 unspecified atom stereocenters. The number of aromatic nitrogens is 2. The Balaban J connectivity index is 1.61. The molecule has 26 heavy (non-hydrogen) atoms. The summed E-state index contributed by atoms with van der Waals surface area (Å²) in [6.45, 7) is 2.73. The summed E-state index contributed by atoms with van der Waals surface area (Å²) in [5.74, 6) is 1.47. The molecule has 1 aliphatic heterocycles. The predicted octanol–water partition coefficient (Wildman–Crippen LogP) is 2.31. The molecule has 4 rings (SSSR count). The lowest BCUT2D eigenvalue weighted by molar-refractivity contribution is 0.0748. The number of rotatable bonds is 4. The van der Waals surface area contributed by atoms with Gasteiger partial charge in [0.05, 0.1) is 17.4 Å². The SMILES string of the molecule is CCN(Cc1nc2ccccc2c(=O)[nH]1)C(=O)c1ccc2c(c1)OCO2. The average Bonchev–Trinajstić information content (AvgIpc) is 3.13. The van der Waals surface area contributed by atoms with Crippen molar-refractivity contribution in [3.05, 3.63) is 64.2 Å². The van der Waals surface area contributed by atoms with Gasteiger partial charge in [0.1, 0.15) is 5.82 Å². The van der Waals surface area contributed by atoms with Gasteiger partial charge in [0.2, 0.25) is 6.79 Å². The Hall–Kier alpha value is -3.35. The predicted molar refractivity (Wildman–Crippen MR) is 95.3 cm³/mol. The number of hydrogen-bond donors (Lipinski definition) is 1. The van der Waals surface area contributed by atoms with Crippen LogP contribution in [0.4, 0.5) is 0 Å². The van der Waals surface area contributed by atoms with Gasteiger partial charge in [0.25, 0.3) is 11.5 Å². The van der Waals surface area contributed by atoms with Crippen LogP contribution in [0, 0.1) is 0 Å². The minimum Gasteiger partial charge on any atom is -0.454 e. The molecule has 0 saturated carbocycles. The molecule has 1 amide bonds. The molecule has 0 bridgehead atoms. The average molecular weight is 351 g/mol. The van der Waals surface area contributed by atoms with Crippen LogP contribution in [0.25, 0.3) is 10.9 Å². The maximum Gasteiger partial charge on any atom is 0.258 e. The lowest BCUT2D eigenvalue weighted by atomic mass is 10.1. The molecule has 0 radical (unpaired) electrons. The highest BCUT2D eigenvalue weighted by atomic mass is 16.7. The fraction of sp³-hybridized carbons (Fsp3) is 0.211. The molecule has 0 saturated heterocycles. The smallest absolute Gasteiger partial charge is 0.258 e. The molecule has 0 atom stereocenters. The zero-order valence-corrected chi connectivity index (χ0v) is 14.2. The number of aromatic amines is 1. The fourth-order valence-electron chi connectivity index (χ4n) is 2.93. The molecular formula is C19H17N3O4. The van der Waals surface area contributed by atoms with Crippen LogP contribution in [0.15, 0.2) is 47.3 Å². The highest BCUT2D eigenvalue weighted by Crippen LogP contribution is 2.32. The molecule has 1 aromatic heterocycles. The third-order valence-electron chi connectivity index (χ3n) is 4.29. The normalized spacial score (nSPS) is 12.3. The van der Waals surface area contributed by atoms with Crippen molar-refractivity contribution in [2.45, 2.75) is 13.5 Å². The summed E-state index contributed by atoms with van der Waals surface area (Å²) in [6.07, 6.45) is 0. The number of fused-ring (bicyclic) bond motifs is 2. The van der Waals surface area contributed by atoms with Crippen LogP contribution in [-0.2, 0) is 6.54 Å². The van der Waals surface area contributed by atoms with Gasteiger partial charge in [0, 0.05) is 12.1 Å². The first-order valence-electron chi connectivity index (χ1n) is 8.32. The summed E-state index contributed by atoms with van der Waals surface area (Å²) < 4.78 is 10.6. The van der Waals surface area contributed by atoms with Crippen LogP contribution in [0.1, 0.15) is 23.1 Å². The fourth-order valence-corrected chi connectivity index (χ4v) is 2.93. The monoisotopic (exact) mass is 351 g/mol. The summed E-state index contributed by atoms with van der Waals surface area (Å²) >= 11 is 0. The molecule has 0 fully saturated rings. The van der Waals surface area contributed by atoms with Crippen molar-refractivity contribution in [2.24, 2.45) is 0 Å². The van der Waals surface area contributed by atoms with Crippen molar-refractivity contribution in [1.29, 1.82) is 0 Å². The molecule has 3 aromatic rings. The number of carbonyl (C=O) groups excluding carboxylic acids is 1. The van der Waals surface area contributed by atoms with Gasteiger partial charge in [-0.15, -0.1) is 0 Å². The Labute approximate surface area is 149 Å². The number of amides is 1. The zero-order valence-electron chi connectivity index (χ0n) is 14.2. The second kappa shape index (κ2) is 6.51. The van der Waals surface area contributed by atoms with E-state index in [1.807, 2.05) is 13.0 Å². The van der Waals surface area contributed by atoms with Crippen LogP contribution in [0.3, 0.4) is 0 Å². The van der Waals surface area contributed by atoms with Gasteiger partial charge in [-0.25, -0.2) is 4.98 Å². The Kier molecular flexibility index (Phi) is 4.04. The third kappa shape index (κ3) is 2.88. The maximum absolute atomic E-state index is 12.8. The number of para-hydroxylation sites is 1. The Bertz CT molecular complexity index is 1040. The molecule has 1 aliphatic rings. The van der Waals surface area contributed by atoms with E-state index < -0.39 is 0 Å². The Morgan fingerprint density at radius 2 is 2.00 bits per heavy atom. The van der Waals surface area contributed by atoms with Crippen molar-refractivity contribution in [3.8, 4) is 11.5 Å².